The van der Waals surface area contributed by atoms with Gasteiger partial charge in [-0.1, -0.05) is 97.7 Å². The molecule has 0 spiro atoms. The summed E-state index contributed by atoms with van der Waals surface area (Å²) in [5.41, 5.74) is 5.90. The Morgan fingerprint density at radius 1 is 0.735 bits per heavy atom. The molecule has 1 saturated carbocycles. The predicted molar refractivity (Wildman–Crippen MR) is 197 cm³/mol. The second-order valence-corrected chi connectivity index (χ2v) is 17.4. The molecule has 2 aliphatic rings. The summed E-state index contributed by atoms with van der Waals surface area (Å²) in [4.78, 5) is 10.0. The number of rotatable bonds is 4. The molecule has 2 atom stereocenters. The SMILES string of the molecule is CC(C)(C)c1cc(Oc2[c-]c3c(cc2)c2cc(C(C)(C)C)ccc2n3-c2cc(C(C)(C)C)ccn2)[c-]c(C2=N[C@]3(C)CCC[C@]3(C)O2)c1.[Pt+2]. The standard InChI is InChI=1S/C43H49N3O2.Pt/c1-39(2,3)28-13-16-35-34(24-28)33-15-14-31(26-36(33)46(35)37-25-29(17-20-44-37)40(4,5)6)47-32-22-27(21-30(23-32)41(7,8)9)38-45-42(10)18-12-19-43(42,11)48-38;/h13-17,20-21,23-25H,12,18-19H2,1-11H3;/q-2;+2/t42-,43+;/m1./s1. The molecule has 0 unspecified atom stereocenters. The quantitative estimate of drug-likeness (QED) is 0.170. The van der Waals surface area contributed by atoms with Crippen LogP contribution in [0.15, 0.2) is 65.8 Å². The summed E-state index contributed by atoms with van der Waals surface area (Å²) in [7, 11) is 0. The zero-order chi connectivity index (χ0) is 34.4. The van der Waals surface area contributed by atoms with E-state index in [1.54, 1.807) is 0 Å². The summed E-state index contributed by atoms with van der Waals surface area (Å²) in [5, 5.41) is 2.29. The number of nitrogens with zero attached hydrogens (tertiary/aromatic N) is 3. The van der Waals surface area contributed by atoms with E-state index in [1.165, 1.54) is 16.5 Å². The van der Waals surface area contributed by atoms with Crippen LogP contribution in [0, 0.1) is 12.1 Å². The number of benzene rings is 3. The number of hydrogen-bond acceptors (Lipinski definition) is 4. The van der Waals surface area contributed by atoms with Crippen LogP contribution in [0.3, 0.4) is 0 Å². The molecule has 3 aromatic carbocycles. The normalized spacial score (nSPS) is 21.0. The van der Waals surface area contributed by atoms with Gasteiger partial charge in [0, 0.05) is 23.2 Å². The van der Waals surface area contributed by atoms with Crippen molar-refractivity contribution in [3.63, 3.8) is 0 Å². The molecule has 0 amide bonds. The van der Waals surface area contributed by atoms with Gasteiger partial charge >= 0.3 is 21.1 Å². The summed E-state index contributed by atoms with van der Waals surface area (Å²) >= 11 is 0. The van der Waals surface area contributed by atoms with Crippen molar-refractivity contribution in [1.82, 2.24) is 9.55 Å². The van der Waals surface area contributed by atoms with E-state index >= 15 is 0 Å². The van der Waals surface area contributed by atoms with E-state index in [-0.39, 0.29) is 48.5 Å². The third-order valence-corrected chi connectivity index (χ3v) is 10.6. The van der Waals surface area contributed by atoms with Gasteiger partial charge in [0.15, 0.2) is 0 Å². The number of ether oxygens (including phenoxy) is 2. The van der Waals surface area contributed by atoms with Crippen molar-refractivity contribution in [2.24, 2.45) is 4.99 Å². The predicted octanol–water partition coefficient (Wildman–Crippen LogP) is 10.9. The summed E-state index contributed by atoms with van der Waals surface area (Å²) in [5.74, 6) is 2.77. The van der Waals surface area contributed by atoms with Crippen LogP contribution in [0.2, 0.25) is 0 Å². The maximum atomic E-state index is 6.65. The zero-order valence-corrected chi connectivity index (χ0v) is 33.1. The minimum Gasteiger partial charge on any atom is -0.512 e. The molecule has 0 radical (unpaired) electrons. The van der Waals surface area contributed by atoms with Gasteiger partial charge in [-0.2, -0.15) is 6.07 Å². The molecule has 5 nitrogen and oxygen atoms in total. The van der Waals surface area contributed by atoms with Crippen molar-refractivity contribution in [3.8, 4) is 17.3 Å². The van der Waals surface area contributed by atoms with Crippen LogP contribution in [0.25, 0.3) is 27.6 Å². The number of pyridine rings is 1. The maximum Gasteiger partial charge on any atom is 2.00 e. The van der Waals surface area contributed by atoms with Gasteiger partial charge in [0.05, 0.1) is 5.54 Å². The summed E-state index contributed by atoms with van der Waals surface area (Å²) < 4.78 is 15.5. The van der Waals surface area contributed by atoms with Crippen LogP contribution in [-0.2, 0) is 42.0 Å². The number of fused-ring (bicyclic) bond motifs is 4. The van der Waals surface area contributed by atoms with E-state index in [0.29, 0.717) is 17.4 Å². The molecule has 7 rings (SSSR count). The zero-order valence-electron chi connectivity index (χ0n) is 30.9. The number of aromatic nitrogens is 2. The fourth-order valence-electron chi connectivity index (χ4n) is 7.18. The van der Waals surface area contributed by atoms with E-state index < -0.39 is 0 Å². The third kappa shape index (κ3) is 6.26. The van der Waals surface area contributed by atoms with Gasteiger partial charge in [-0.3, -0.25) is 4.99 Å². The first kappa shape index (κ1) is 35.4. The molecule has 0 N–H and O–H groups in total. The second kappa shape index (κ2) is 11.8. The van der Waals surface area contributed by atoms with Gasteiger partial charge in [-0.15, -0.1) is 29.1 Å². The van der Waals surface area contributed by atoms with Gasteiger partial charge in [-0.25, -0.2) is 4.98 Å². The van der Waals surface area contributed by atoms with Crippen LogP contribution in [0.4, 0.5) is 0 Å². The van der Waals surface area contributed by atoms with Crippen molar-refractivity contribution < 1.29 is 30.5 Å². The first-order valence-corrected chi connectivity index (χ1v) is 17.4. The average molecular weight is 835 g/mol. The fraction of sp³-hybridized carbons (Fsp3) is 0.442. The molecule has 258 valence electrons. The van der Waals surface area contributed by atoms with Crippen LogP contribution < -0.4 is 4.74 Å². The largest absolute Gasteiger partial charge is 2.00 e. The van der Waals surface area contributed by atoms with Crippen molar-refractivity contribution in [2.45, 2.75) is 123 Å². The first-order chi connectivity index (χ1) is 22.3. The van der Waals surface area contributed by atoms with Crippen molar-refractivity contribution in [2.75, 3.05) is 0 Å². The Bertz CT molecular complexity index is 2110. The Morgan fingerprint density at radius 2 is 1.43 bits per heavy atom. The Balaban J connectivity index is 0.00000417. The van der Waals surface area contributed by atoms with Crippen molar-refractivity contribution in [1.29, 1.82) is 0 Å². The molecule has 5 aromatic rings. The second-order valence-electron chi connectivity index (χ2n) is 17.4. The molecule has 1 aliphatic heterocycles. The van der Waals surface area contributed by atoms with Crippen LogP contribution in [0.1, 0.15) is 118 Å². The number of aliphatic imine (C=N–C) groups is 1. The maximum absolute atomic E-state index is 6.65. The third-order valence-electron chi connectivity index (χ3n) is 10.6. The van der Waals surface area contributed by atoms with Gasteiger partial charge in [0.1, 0.15) is 17.3 Å². The van der Waals surface area contributed by atoms with E-state index in [4.69, 9.17) is 19.5 Å². The first-order valence-electron chi connectivity index (χ1n) is 17.4. The Morgan fingerprint density at radius 3 is 2.10 bits per heavy atom. The van der Waals surface area contributed by atoms with Crippen LogP contribution in [0.5, 0.6) is 11.5 Å². The van der Waals surface area contributed by atoms with Crippen molar-refractivity contribution in [3.05, 3.63) is 95.2 Å². The molecule has 49 heavy (non-hydrogen) atoms. The minimum atomic E-state index is -0.285. The van der Waals surface area contributed by atoms with Gasteiger partial charge in [0.2, 0.25) is 0 Å². The molecule has 6 heteroatoms. The summed E-state index contributed by atoms with van der Waals surface area (Å²) in [6.07, 6.45) is 5.08. The topological polar surface area (TPSA) is 48.6 Å². The molecule has 1 fully saturated rings. The van der Waals surface area contributed by atoms with E-state index in [9.17, 15) is 0 Å². The molecule has 2 aromatic heterocycles. The Labute approximate surface area is 306 Å². The van der Waals surface area contributed by atoms with Crippen molar-refractivity contribution >= 4 is 27.7 Å². The van der Waals surface area contributed by atoms with Gasteiger partial charge < -0.3 is 14.0 Å². The van der Waals surface area contributed by atoms with Crippen LogP contribution >= 0.6 is 0 Å². The number of hydrogen-bond donors (Lipinski definition) is 0. The Kier molecular flexibility index (Phi) is 8.55. The smallest absolute Gasteiger partial charge is 0.512 e. The monoisotopic (exact) mass is 834 g/mol. The van der Waals surface area contributed by atoms with Gasteiger partial charge in [-0.05, 0) is 84.1 Å². The minimum absolute atomic E-state index is 0. The average Bonchev–Trinajstić information content (AvgIpc) is 3.57. The fourth-order valence-corrected chi connectivity index (χ4v) is 7.18. The van der Waals surface area contributed by atoms with Gasteiger partial charge in [0.25, 0.3) is 0 Å². The van der Waals surface area contributed by atoms with E-state index in [1.807, 2.05) is 12.3 Å². The molecule has 0 bridgehead atoms. The molecule has 1 aliphatic carbocycles. The molecular formula is C43H49N3O2Pt. The molecule has 0 saturated heterocycles. The Hall–Kier alpha value is -3.43. The van der Waals surface area contributed by atoms with Crippen LogP contribution in [-0.4, -0.2) is 26.6 Å². The molecular weight excluding hydrogens is 786 g/mol. The van der Waals surface area contributed by atoms with E-state index in [0.717, 1.165) is 52.6 Å². The summed E-state index contributed by atoms with van der Waals surface area (Å²) in [6.45, 7) is 24.5. The van der Waals surface area contributed by atoms with E-state index in [2.05, 4.69) is 141 Å². The summed E-state index contributed by atoms with van der Waals surface area (Å²) in [6, 6.07) is 26.7. The molecule has 3 heterocycles.